The van der Waals surface area contributed by atoms with Crippen molar-refractivity contribution in [3.05, 3.63) is 41.2 Å². The Labute approximate surface area is 156 Å². The lowest BCUT2D eigenvalue weighted by Gasteiger charge is -2.23. The van der Waals surface area contributed by atoms with E-state index in [0.717, 1.165) is 12.1 Å². The third-order valence-corrected chi connectivity index (χ3v) is 6.01. The second kappa shape index (κ2) is 8.60. The van der Waals surface area contributed by atoms with Crippen LogP contribution in [0.4, 0.5) is 8.78 Å². The Balaban J connectivity index is 2.08. The van der Waals surface area contributed by atoms with Gasteiger partial charge in [-0.05, 0) is 44.4 Å². The first-order valence-corrected chi connectivity index (χ1v) is 10.1. The molecular formula is C18H21F2NO5S. The molecule has 9 heteroatoms. The van der Waals surface area contributed by atoms with Crippen molar-refractivity contribution in [3.8, 4) is 0 Å². The molecule has 1 atom stereocenters. The zero-order chi connectivity index (χ0) is 20.2. The summed E-state index contributed by atoms with van der Waals surface area (Å²) in [7, 11) is -3.84. The standard InChI is InChI=1S/C18H21F2NO5S/c1-3-26-21-11(2)18-16(22)8-12(9-17(18)23)6-7-27(24,25)13-4-5-14(19)15(20)10-13/h4-5,10,12,22H,3,6-9H2,1-2H3/b21-11-. The molecule has 0 bridgehead atoms. The SMILES string of the molecule is CCO/N=C(/C)C1=C(O)CC(CCS(=O)(=O)c2ccc(F)c(F)c2)CC1=O. The van der Waals surface area contributed by atoms with Gasteiger partial charge in [-0.3, -0.25) is 4.79 Å². The number of aliphatic hydroxyl groups is 1. The molecule has 0 saturated heterocycles. The van der Waals surface area contributed by atoms with Crippen LogP contribution < -0.4 is 0 Å². The summed E-state index contributed by atoms with van der Waals surface area (Å²) in [6.07, 6.45) is 0.297. The largest absolute Gasteiger partial charge is 0.511 e. The molecule has 0 aromatic heterocycles. The molecule has 27 heavy (non-hydrogen) atoms. The Morgan fingerprint density at radius 2 is 2.00 bits per heavy atom. The predicted octanol–water partition coefficient (Wildman–Crippen LogP) is 3.33. The Bertz CT molecular complexity index is 893. The summed E-state index contributed by atoms with van der Waals surface area (Å²) in [5.41, 5.74) is 0.371. The van der Waals surface area contributed by atoms with E-state index in [1.165, 1.54) is 0 Å². The molecule has 1 aliphatic carbocycles. The highest BCUT2D eigenvalue weighted by molar-refractivity contribution is 7.91. The van der Waals surface area contributed by atoms with Crippen LogP contribution in [0.2, 0.25) is 0 Å². The lowest BCUT2D eigenvalue weighted by atomic mass is 9.84. The molecule has 2 rings (SSSR count). The Morgan fingerprint density at radius 3 is 2.59 bits per heavy atom. The molecule has 1 aromatic rings. The summed E-state index contributed by atoms with van der Waals surface area (Å²) in [5.74, 6) is -3.57. The van der Waals surface area contributed by atoms with Crippen LogP contribution in [0.1, 0.15) is 33.1 Å². The lowest BCUT2D eigenvalue weighted by molar-refractivity contribution is -0.116. The van der Waals surface area contributed by atoms with Gasteiger partial charge in [0.05, 0.1) is 21.9 Å². The second-order valence-corrected chi connectivity index (χ2v) is 8.41. The van der Waals surface area contributed by atoms with E-state index in [1.807, 2.05) is 0 Å². The summed E-state index contributed by atoms with van der Waals surface area (Å²) >= 11 is 0. The third-order valence-electron chi connectivity index (χ3n) is 4.26. The highest BCUT2D eigenvalue weighted by atomic mass is 32.2. The van der Waals surface area contributed by atoms with Crippen LogP contribution >= 0.6 is 0 Å². The smallest absolute Gasteiger partial charge is 0.178 e. The van der Waals surface area contributed by atoms with Crippen LogP contribution in [0.3, 0.4) is 0 Å². The van der Waals surface area contributed by atoms with Crippen molar-refractivity contribution in [3.63, 3.8) is 0 Å². The van der Waals surface area contributed by atoms with Crippen molar-refractivity contribution in [1.29, 1.82) is 0 Å². The van der Waals surface area contributed by atoms with Gasteiger partial charge in [0.25, 0.3) is 0 Å². The number of carbonyl (C=O) groups excluding carboxylic acids is 1. The number of oxime groups is 1. The molecule has 1 N–H and O–H groups in total. The second-order valence-electron chi connectivity index (χ2n) is 6.30. The number of hydrogen-bond donors (Lipinski definition) is 1. The van der Waals surface area contributed by atoms with Gasteiger partial charge < -0.3 is 9.94 Å². The van der Waals surface area contributed by atoms with Gasteiger partial charge in [-0.25, -0.2) is 17.2 Å². The maximum absolute atomic E-state index is 13.3. The molecule has 0 aliphatic heterocycles. The van der Waals surface area contributed by atoms with E-state index in [-0.39, 0.29) is 58.7 Å². The fraction of sp³-hybridized carbons (Fsp3) is 0.444. The number of rotatable bonds is 7. The minimum Gasteiger partial charge on any atom is -0.511 e. The van der Waals surface area contributed by atoms with Crippen molar-refractivity contribution in [2.45, 2.75) is 38.0 Å². The number of benzene rings is 1. The number of nitrogens with zero attached hydrogens (tertiary/aromatic N) is 1. The van der Waals surface area contributed by atoms with Gasteiger partial charge in [-0.1, -0.05) is 5.16 Å². The molecule has 148 valence electrons. The third kappa shape index (κ3) is 5.12. The zero-order valence-electron chi connectivity index (χ0n) is 15.0. The van der Waals surface area contributed by atoms with E-state index < -0.39 is 21.5 Å². The minimum atomic E-state index is -3.84. The predicted molar refractivity (Wildman–Crippen MR) is 95.1 cm³/mol. The van der Waals surface area contributed by atoms with Crippen LogP contribution in [0.25, 0.3) is 0 Å². The zero-order valence-corrected chi connectivity index (χ0v) is 15.9. The fourth-order valence-corrected chi connectivity index (χ4v) is 4.34. The number of carbonyl (C=O) groups is 1. The van der Waals surface area contributed by atoms with Crippen LogP contribution in [-0.4, -0.2) is 37.4 Å². The number of hydrogen-bond acceptors (Lipinski definition) is 6. The fourth-order valence-electron chi connectivity index (χ4n) is 2.90. The summed E-state index contributed by atoms with van der Waals surface area (Å²) < 4.78 is 50.9. The normalized spacial score (nSPS) is 18.7. The van der Waals surface area contributed by atoms with Crippen LogP contribution in [0, 0.1) is 17.6 Å². The Kier molecular flexibility index (Phi) is 6.69. The highest BCUT2D eigenvalue weighted by Crippen LogP contribution is 2.30. The minimum absolute atomic E-state index is 0.0612. The van der Waals surface area contributed by atoms with E-state index in [9.17, 15) is 27.1 Å². The van der Waals surface area contributed by atoms with E-state index in [1.54, 1.807) is 13.8 Å². The lowest BCUT2D eigenvalue weighted by Crippen LogP contribution is -2.25. The van der Waals surface area contributed by atoms with E-state index in [0.29, 0.717) is 12.7 Å². The topological polar surface area (TPSA) is 93.0 Å². The number of ketones is 1. The monoisotopic (exact) mass is 401 g/mol. The van der Waals surface area contributed by atoms with Crippen LogP contribution in [0.5, 0.6) is 0 Å². The molecule has 0 amide bonds. The van der Waals surface area contributed by atoms with Crippen LogP contribution in [0.15, 0.2) is 39.6 Å². The highest BCUT2D eigenvalue weighted by Gasteiger charge is 2.30. The maximum Gasteiger partial charge on any atom is 0.178 e. The summed E-state index contributed by atoms with van der Waals surface area (Å²) in [5, 5.41) is 13.9. The van der Waals surface area contributed by atoms with Crippen molar-refractivity contribution in [2.24, 2.45) is 11.1 Å². The summed E-state index contributed by atoms with van der Waals surface area (Å²) in [6, 6.07) is 2.40. The van der Waals surface area contributed by atoms with Crippen molar-refractivity contribution < 1.29 is 31.9 Å². The molecule has 1 aliphatic rings. The average molecular weight is 401 g/mol. The van der Waals surface area contributed by atoms with Gasteiger partial charge in [-0.2, -0.15) is 0 Å². The Hall–Kier alpha value is -2.29. The van der Waals surface area contributed by atoms with Gasteiger partial charge in [0.2, 0.25) is 0 Å². The molecule has 6 nitrogen and oxygen atoms in total. The number of allylic oxidation sites excluding steroid dienone is 2. The Morgan fingerprint density at radius 1 is 1.30 bits per heavy atom. The number of Topliss-reactive ketones (excluding diaryl/α,β-unsaturated/α-hetero) is 1. The summed E-state index contributed by atoms with van der Waals surface area (Å²) in [4.78, 5) is 16.9. The molecule has 0 saturated carbocycles. The first-order valence-electron chi connectivity index (χ1n) is 8.45. The van der Waals surface area contributed by atoms with Crippen molar-refractivity contribution in [1.82, 2.24) is 0 Å². The molecular weight excluding hydrogens is 380 g/mol. The molecule has 1 aromatic carbocycles. The number of halogens is 2. The quantitative estimate of drug-likeness (QED) is 0.430. The van der Waals surface area contributed by atoms with Gasteiger partial charge >= 0.3 is 0 Å². The van der Waals surface area contributed by atoms with Gasteiger partial charge in [0.15, 0.2) is 27.3 Å². The van der Waals surface area contributed by atoms with E-state index in [2.05, 4.69) is 5.16 Å². The maximum atomic E-state index is 13.3. The summed E-state index contributed by atoms with van der Waals surface area (Å²) in [6.45, 7) is 3.61. The van der Waals surface area contributed by atoms with E-state index >= 15 is 0 Å². The molecule has 0 fully saturated rings. The molecule has 0 heterocycles. The molecule has 1 unspecified atom stereocenters. The number of aliphatic hydroxyl groups excluding tert-OH is 1. The molecule has 0 radical (unpaired) electrons. The van der Waals surface area contributed by atoms with Crippen molar-refractivity contribution in [2.75, 3.05) is 12.4 Å². The first-order chi connectivity index (χ1) is 12.7. The average Bonchev–Trinajstić information content (AvgIpc) is 2.60. The van der Waals surface area contributed by atoms with E-state index in [4.69, 9.17) is 4.84 Å². The molecule has 0 spiro atoms. The van der Waals surface area contributed by atoms with Crippen LogP contribution in [-0.2, 0) is 19.5 Å². The van der Waals surface area contributed by atoms with Crippen molar-refractivity contribution >= 4 is 21.3 Å². The first kappa shape index (κ1) is 21.0. The van der Waals surface area contributed by atoms with Gasteiger partial charge in [0, 0.05) is 12.8 Å². The van der Waals surface area contributed by atoms with Gasteiger partial charge in [-0.15, -0.1) is 0 Å². The van der Waals surface area contributed by atoms with Gasteiger partial charge in [0.1, 0.15) is 12.4 Å². The number of sulfone groups is 1.